The molecule has 40 heavy (non-hydrogen) atoms. The Bertz CT molecular complexity index is 1510. The van der Waals surface area contributed by atoms with E-state index >= 15 is 0 Å². The number of sulfonamides is 1. The number of hydroxylamine groups is 1. The van der Waals surface area contributed by atoms with Crippen LogP contribution in [0.25, 0.3) is 0 Å². The minimum atomic E-state index is -5.44. The Morgan fingerprint density at radius 1 is 1.07 bits per heavy atom. The third-order valence-electron chi connectivity index (χ3n) is 5.60. The molecule has 1 aromatic heterocycles. The Labute approximate surface area is 229 Å². The highest BCUT2D eigenvalue weighted by atomic mass is 35.5. The summed E-state index contributed by atoms with van der Waals surface area (Å²) in [5.74, 6) is -5.28. The van der Waals surface area contributed by atoms with Gasteiger partial charge in [0.1, 0.15) is 18.0 Å². The van der Waals surface area contributed by atoms with E-state index in [9.17, 15) is 35.2 Å². The molecule has 0 saturated carbocycles. The topological polar surface area (TPSA) is 117 Å². The zero-order valence-corrected chi connectivity index (χ0v) is 22.0. The second-order valence-electron chi connectivity index (χ2n) is 8.54. The fourth-order valence-electron chi connectivity index (χ4n) is 3.67. The van der Waals surface area contributed by atoms with Crippen molar-refractivity contribution in [2.75, 3.05) is 35.7 Å². The molecule has 1 aliphatic rings. The van der Waals surface area contributed by atoms with Gasteiger partial charge in [0.05, 0.1) is 22.8 Å². The Morgan fingerprint density at radius 3 is 2.33 bits per heavy atom. The van der Waals surface area contributed by atoms with Crippen LogP contribution in [0.5, 0.6) is 0 Å². The number of carbonyl (C=O) groups is 1. The number of hydrogen-bond acceptors (Lipinski definition) is 9. The summed E-state index contributed by atoms with van der Waals surface area (Å²) in [6.07, 6.45) is -4.69. The lowest BCUT2D eigenvalue weighted by atomic mass is 10.2. The van der Waals surface area contributed by atoms with Crippen LogP contribution < -0.4 is 15.5 Å². The van der Waals surface area contributed by atoms with Crippen molar-refractivity contribution in [3.05, 3.63) is 59.9 Å². The summed E-state index contributed by atoms with van der Waals surface area (Å²) in [5.41, 5.74) is 0.806. The van der Waals surface area contributed by atoms with Gasteiger partial charge in [0.15, 0.2) is 0 Å². The molecule has 1 saturated heterocycles. The second-order valence-corrected chi connectivity index (χ2v) is 10.9. The highest BCUT2D eigenvalue weighted by molar-refractivity contribution is 7.89. The van der Waals surface area contributed by atoms with E-state index in [-0.39, 0.29) is 28.2 Å². The van der Waals surface area contributed by atoms with E-state index in [0.717, 1.165) is 12.1 Å². The first-order valence-electron chi connectivity index (χ1n) is 11.3. The van der Waals surface area contributed by atoms with E-state index in [1.165, 1.54) is 23.4 Å². The van der Waals surface area contributed by atoms with Gasteiger partial charge >= 0.3 is 12.1 Å². The van der Waals surface area contributed by atoms with Gasteiger partial charge in [0.2, 0.25) is 0 Å². The second kappa shape index (κ2) is 11.0. The molecule has 2 heterocycles. The Kier molecular flexibility index (Phi) is 8.05. The first-order chi connectivity index (χ1) is 18.6. The van der Waals surface area contributed by atoms with Crippen LogP contribution in [0, 0.1) is 0 Å². The van der Waals surface area contributed by atoms with Crippen molar-refractivity contribution < 1.29 is 40.0 Å². The van der Waals surface area contributed by atoms with Gasteiger partial charge in [-0.3, -0.25) is 0 Å². The van der Waals surface area contributed by atoms with Crippen LogP contribution in [0.4, 0.5) is 50.6 Å². The fourth-order valence-corrected chi connectivity index (χ4v) is 4.77. The minimum absolute atomic E-state index is 0.00883. The maximum absolute atomic E-state index is 14.0. The molecule has 1 fully saturated rings. The molecule has 17 heteroatoms. The minimum Gasteiger partial charge on any atom is -0.364 e. The Morgan fingerprint density at radius 2 is 1.73 bits per heavy atom. The first kappa shape index (κ1) is 29.2. The standard InChI is InChI=1S/C23H20ClF5N6O4S/c1-34(39-21(36)23(27,28)29)40(37,38)16-6-7-18(35-9-8-22(25,26)12-35)17(10-16)33-20-11-19(30-13-31-20)32-15-4-2-14(24)3-5-15/h2-7,10-11,13H,8-9,12H2,1H3,(H2,30,31,32,33). The molecule has 0 spiro atoms. The molecule has 10 nitrogen and oxygen atoms in total. The normalized spacial score (nSPS) is 15.2. The summed E-state index contributed by atoms with van der Waals surface area (Å²) < 4.78 is 91.3. The van der Waals surface area contributed by atoms with Crippen molar-refractivity contribution in [1.82, 2.24) is 14.4 Å². The van der Waals surface area contributed by atoms with Crippen molar-refractivity contribution in [2.45, 2.75) is 23.4 Å². The molecule has 0 amide bonds. The largest absolute Gasteiger partial charge is 0.492 e. The van der Waals surface area contributed by atoms with Gasteiger partial charge in [0, 0.05) is 36.8 Å². The fraction of sp³-hybridized carbons (Fsp3) is 0.261. The summed E-state index contributed by atoms with van der Waals surface area (Å²) in [6.45, 7) is -0.700. The zero-order valence-electron chi connectivity index (χ0n) is 20.4. The van der Waals surface area contributed by atoms with Gasteiger partial charge in [-0.1, -0.05) is 11.6 Å². The van der Waals surface area contributed by atoms with E-state index in [1.54, 1.807) is 24.3 Å². The third-order valence-corrected chi connectivity index (χ3v) is 7.46. The van der Waals surface area contributed by atoms with E-state index < -0.39 is 46.0 Å². The maximum Gasteiger partial charge on any atom is 0.492 e. The number of hydrogen-bond donors (Lipinski definition) is 2. The van der Waals surface area contributed by atoms with Gasteiger partial charge in [-0.25, -0.2) is 32.0 Å². The van der Waals surface area contributed by atoms with Gasteiger partial charge < -0.3 is 20.4 Å². The average Bonchev–Trinajstić information content (AvgIpc) is 3.24. The van der Waals surface area contributed by atoms with Crippen LogP contribution in [0.3, 0.4) is 0 Å². The summed E-state index contributed by atoms with van der Waals surface area (Å²) in [4.78, 5) is 24.0. The van der Waals surface area contributed by atoms with Gasteiger partial charge in [-0.05, 0) is 46.9 Å². The summed E-state index contributed by atoms with van der Waals surface area (Å²) in [7, 11) is -4.19. The van der Waals surface area contributed by atoms with Gasteiger partial charge in [-0.2, -0.15) is 13.2 Å². The van der Waals surface area contributed by atoms with Crippen molar-refractivity contribution >= 4 is 56.3 Å². The van der Waals surface area contributed by atoms with Crippen LogP contribution in [0.1, 0.15) is 6.42 Å². The Hall–Kier alpha value is -3.76. The lowest BCUT2D eigenvalue weighted by molar-refractivity contribution is -0.219. The van der Waals surface area contributed by atoms with E-state index in [0.29, 0.717) is 23.6 Å². The maximum atomic E-state index is 14.0. The van der Waals surface area contributed by atoms with Crippen LogP contribution in [0.2, 0.25) is 5.02 Å². The van der Waals surface area contributed by atoms with Gasteiger partial charge in [0.25, 0.3) is 15.9 Å². The number of halogens is 6. The summed E-state index contributed by atoms with van der Waals surface area (Å²) in [6, 6.07) is 11.4. The smallest absolute Gasteiger partial charge is 0.364 e. The number of alkyl halides is 5. The number of nitrogens with zero attached hydrogens (tertiary/aromatic N) is 4. The van der Waals surface area contributed by atoms with E-state index in [4.69, 9.17) is 11.6 Å². The molecule has 0 radical (unpaired) electrons. The number of nitrogens with one attached hydrogen (secondary N) is 2. The SMILES string of the molecule is CN(OC(=O)C(F)(F)F)S(=O)(=O)c1ccc(N2CCC(F)(F)C2)c(Nc2cc(Nc3ccc(Cl)cc3)ncn2)c1. The first-order valence-corrected chi connectivity index (χ1v) is 13.1. The summed E-state index contributed by atoms with van der Waals surface area (Å²) in [5, 5.41) is 6.39. The van der Waals surface area contributed by atoms with Crippen LogP contribution in [0.15, 0.2) is 59.8 Å². The Balaban J connectivity index is 1.66. The molecule has 0 bridgehead atoms. The third kappa shape index (κ3) is 6.86. The molecule has 0 atom stereocenters. The lowest BCUT2D eigenvalue weighted by Gasteiger charge is -2.24. The number of rotatable bonds is 8. The molecule has 0 aliphatic carbocycles. The predicted octanol–water partition coefficient (Wildman–Crippen LogP) is 5.10. The molecular formula is C23H20ClF5N6O4S. The molecule has 2 N–H and O–H groups in total. The monoisotopic (exact) mass is 606 g/mol. The molecule has 1 aliphatic heterocycles. The van der Waals surface area contributed by atoms with Crippen molar-refractivity contribution in [3.8, 4) is 0 Å². The number of benzene rings is 2. The van der Waals surface area contributed by atoms with E-state index in [1.807, 2.05) is 0 Å². The quantitative estimate of drug-likeness (QED) is 0.267. The molecule has 214 valence electrons. The predicted molar refractivity (Wildman–Crippen MR) is 135 cm³/mol. The van der Waals surface area contributed by atoms with Crippen LogP contribution >= 0.6 is 11.6 Å². The van der Waals surface area contributed by atoms with Gasteiger partial charge in [-0.15, -0.1) is 0 Å². The average molecular weight is 607 g/mol. The highest BCUT2D eigenvalue weighted by Crippen LogP contribution is 2.38. The van der Waals surface area contributed by atoms with Crippen molar-refractivity contribution in [3.63, 3.8) is 0 Å². The van der Waals surface area contributed by atoms with Crippen molar-refractivity contribution in [2.24, 2.45) is 0 Å². The molecular weight excluding hydrogens is 587 g/mol. The molecule has 3 aromatic rings. The zero-order chi connectivity index (χ0) is 29.3. The van der Waals surface area contributed by atoms with Crippen molar-refractivity contribution in [1.29, 1.82) is 0 Å². The number of carbonyl (C=O) groups excluding carboxylic acids is 1. The molecule has 2 aromatic carbocycles. The van der Waals surface area contributed by atoms with Crippen LogP contribution in [-0.2, 0) is 19.7 Å². The van der Waals surface area contributed by atoms with E-state index in [2.05, 4.69) is 25.4 Å². The van der Waals surface area contributed by atoms with Crippen LogP contribution in [-0.4, -0.2) is 61.1 Å². The number of aromatic nitrogens is 2. The lowest BCUT2D eigenvalue weighted by Crippen LogP contribution is -2.36. The molecule has 0 unspecified atom stereocenters. The number of anilines is 5. The highest BCUT2D eigenvalue weighted by Gasteiger charge is 2.44. The molecule has 4 rings (SSSR count). The summed E-state index contributed by atoms with van der Waals surface area (Å²) >= 11 is 5.89.